The Morgan fingerprint density at radius 3 is 3.00 bits per heavy atom. The molecule has 0 aliphatic heterocycles. The molecule has 1 unspecified atom stereocenters. The van der Waals surface area contributed by atoms with E-state index in [4.69, 9.17) is 4.42 Å². The summed E-state index contributed by atoms with van der Waals surface area (Å²) in [6.07, 6.45) is 7.64. The minimum absolute atomic E-state index is 0.349. The van der Waals surface area contributed by atoms with Crippen molar-refractivity contribution in [3.8, 4) is 11.3 Å². The summed E-state index contributed by atoms with van der Waals surface area (Å²) < 4.78 is 5.74. The molecule has 2 rings (SSSR count). The van der Waals surface area contributed by atoms with Crippen LogP contribution in [0.3, 0.4) is 0 Å². The van der Waals surface area contributed by atoms with E-state index in [1.807, 2.05) is 30.3 Å². The molecule has 94 valence electrons. The fourth-order valence-corrected chi connectivity index (χ4v) is 1.74. The lowest BCUT2D eigenvalue weighted by Gasteiger charge is -2.04. The van der Waals surface area contributed by atoms with Crippen LogP contribution in [-0.4, -0.2) is 17.6 Å². The monoisotopic (exact) mass is 242 g/mol. The van der Waals surface area contributed by atoms with Crippen LogP contribution in [-0.2, 0) is 0 Å². The van der Waals surface area contributed by atoms with Crippen LogP contribution in [0, 0.1) is 0 Å². The average Bonchev–Trinajstić information content (AvgIpc) is 2.87. The van der Waals surface area contributed by atoms with Crippen LogP contribution >= 0.6 is 0 Å². The van der Waals surface area contributed by atoms with Crippen molar-refractivity contribution in [2.24, 2.45) is 0 Å². The Hall–Kier alpha value is -1.87. The van der Waals surface area contributed by atoms with Gasteiger partial charge in [0, 0.05) is 24.0 Å². The SMILES string of the molecule is CCNC(C)/C=C/c1ccc(-c2cccnc2)o1. The first kappa shape index (κ1) is 12.6. The second kappa shape index (κ2) is 6.17. The third kappa shape index (κ3) is 3.31. The molecule has 0 saturated heterocycles. The largest absolute Gasteiger partial charge is 0.457 e. The van der Waals surface area contributed by atoms with E-state index in [0.717, 1.165) is 23.6 Å². The van der Waals surface area contributed by atoms with Gasteiger partial charge in [0.2, 0.25) is 0 Å². The first-order valence-corrected chi connectivity index (χ1v) is 6.21. The van der Waals surface area contributed by atoms with E-state index in [9.17, 15) is 0 Å². The molecule has 3 nitrogen and oxygen atoms in total. The van der Waals surface area contributed by atoms with E-state index in [1.165, 1.54) is 0 Å². The maximum atomic E-state index is 5.74. The van der Waals surface area contributed by atoms with E-state index in [1.54, 1.807) is 12.4 Å². The molecule has 0 spiro atoms. The van der Waals surface area contributed by atoms with Crippen LogP contribution in [0.4, 0.5) is 0 Å². The number of pyridine rings is 1. The minimum Gasteiger partial charge on any atom is -0.457 e. The maximum absolute atomic E-state index is 5.74. The second-order valence-corrected chi connectivity index (χ2v) is 4.15. The molecule has 18 heavy (non-hydrogen) atoms. The topological polar surface area (TPSA) is 38.1 Å². The molecule has 2 aromatic heterocycles. The number of aromatic nitrogens is 1. The summed E-state index contributed by atoms with van der Waals surface area (Å²) >= 11 is 0. The van der Waals surface area contributed by atoms with Gasteiger partial charge in [-0.15, -0.1) is 0 Å². The normalized spacial score (nSPS) is 13.0. The highest BCUT2D eigenvalue weighted by Crippen LogP contribution is 2.21. The van der Waals surface area contributed by atoms with Crippen molar-refractivity contribution in [2.75, 3.05) is 6.54 Å². The summed E-state index contributed by atoms with van der Waals surface area (Å²) in [6, 6.07) is 8.18. The summed E-state index contributed by atoms with van der Waals surface area (Å²) in [7, 11) is 0. The molecule has 2 aromatic rings. The van der Waals surface area contributed by atoms with Gasteiger partial charge in [-0.1, -0.05) is 13.0 Å². The molecule has 0 bridgehead atoms. The molecule has 0 amide bonds. The standard InChI is InChI=1S/C15H18N2O/c1-3-17-12(2)6-7-14-8-9-15(18-14)13-5-4-10-16-11-13/h4-12,17H,3H2,1-2H3/b7-6+. The van der Waals surface area contributed by atoms with Crippen LogP contribution in [0.2, 0.25) is 0 Å². The van der Waals surface area contributed by atoms with E-state index < -0.39 is 0 Å². The number of rotatable bonds is 5. The Bertz CT molecular complexity index is 502. The Balaban J connectivity index is 2.07. The molecule has 3 heteroatoms. The smallest absolute Gasteiger partial charge is 0.136 e. The quantitative estimate of drug-likeness (QED) is 0.873. The number of hydrogen-bond donors (Lipinski definition) is 1. The van der Waals surface area contributed by atoms with Gasteiger partial charge >= 0.3 is 0 Å². The number of likely N-dealkylation sites (N-methyl/N-ethyl adjacent to an activating group) is 1. The number of furan rings is 1. The van der Waals surface area contributed by atoms with Gasteiger partial charge in [-0.3, -0.25) is 4.98 Å². The average molecular weight is 242 g/mol. The maximum Gasteiger partial charge on any atom is 0.136 e. The summed E-state index contributed by atoms with van der Waals surface area (Å²) in [4.78, 5) is 4.08. The predicted octanol–water partition coefficient (Wildman–Crippen LogP) is 3.35. The zero-order chi connectivity index (χ0) is 12.8. The molecule has 0 aromatic carbocycles. The van der Waals surface area contributed by atoms with Crippen molar-refractivity contribution >= 4 is 6.08 Å². The lowest BCUT2D eigenvalue weighted by Crippen LogP contribution is -2.22. The predicted molar refractivity (Wildman–Crippen MR) is 74.1 cm³/mol. The number of nitrogens with zero attached hydrogens (tertiary/aromatic N) is 1. The Kier molecular flexibility index (Phi) is 4.31. The Labute approximate surface area is 108 Å². The summed E-state index contributed by atoms with van der Waals surface area (Å²) in [6.45, 7) is 5.17. The van der Waals surface area contributed by atoms with Crippen molar-refractivity contribution < 1.29 is 4.42 Å². The van der Waals surface area contributed by atoms with Crippen LogP contribution < -0.4 is 5.32 Å². The van der Waals surface area contributed by atoms with Gasteiger partial charge in [0.25, 0.3) is 0 Å². The van der Waals surface area contributed by atoms with Crippen molar-refractivity contribution in [1.82, 2.24) is 10.3 Å². The van der Waals surface area contributed by atoms with Crippen LogP contribution in [0.5, 0.6) is 0 Å². The minimum atomic E-state index is 0.349. The van der Waals surface area contributed by atoms with Gasteiger partial charge in [-0.05, 0) is 43.8 Å². The highest BCUT2D eigenvalue weighted by atomic mass is 16.3. The van der Waals surface area contributed by atoms with Gasteiger partial charge in [-0.25, -0.2) is 0 Å². The Morgan fingerprint density at radius 1 is 1.39 bits per heavy atom. The van der Waals surface area contributed by atoms with E-state index in [0.29, 0.717) is 6.04 Å². The van der Waals surface area contributed by atoms with Gasteiger partial charge in [-0.2, -0.15) is 0 Å². The zero-order valence-electron chi connectivity index (χ0n) is 10.8. The molecule has 0 aliphatic rings. The Morgan fingerprint density at radius 2 is 2.28 bits per heavy atom. The van der Waals surface area contributed by atoms with Gasteiger partial charge in [0.15, 0.2) is 0 Å². The first-order valence-electron chi connectivity index (χ1n) is 6.21. The molecule has 0 saturated carbocycles. The third-order valence-corrected chi connectivity index (χ3v) is 2.65. The van der Waals surface area contributed by atoms with Crippen LogP contribution in [0.1, 0.15) is 19.6 Å². The molecule has 0 aliphatic carbocycles. The van der Waals surface area contributed by atoms with Crippen LogP contribution in [0.15, 0.2) is 47.2 Å². The van der Waals surface area contributed by atoms with Crippen LogP contribution in [0.25, 0.3) is 17.4 Å². The zero-order valence-corrected chi connectivity index (χ0v) is 10.8. The van der Waals surface area contributed by atoms with E-state index in [-0.39, 0.29) is 0 Å². The van der Waals surface area contributed by atoms with Crippen molar-refractivity contribution in [3.63, 3.8) is 0 Å². The highest BCUT2D eigenvalue weighted by molar-refractivity contribution is 5.58. The molecular weight excluding hydrogens is 224 g/mol. The molecule has 1 atom stereocenters. The molecular formula is C15H18N2O. The second-order valence-electron chi connectivity index (χ2n) is 4.15. The number of hydrogen-bond acceptors (Lipinski definition) is 3. The lowest BCUT2D eigenvalue weighted by molar-refractivity contribution is 0.570. The third-order valence-electron chi connectivity index (χ3n) is 2.65. The fourth-order valence-electron chi connectivity index (χ4n) is 1.74. The molecule has 1 N–H and O–H groups in total. The fraction of sp³-hybridized carbons (Fsp3) is 0.267. The highest BCUT2D eigenvalue weighted by Gasteiger charge is 2.02. The van der Waals surface area contributed by atoms with Crippen molar-refractivity contribution in [1.29, 1.82) is 0 Å². The molecule has 0 radical (unpaired) electrons. The van der Waals surface area contributed by atoms with Gasteiger partial charge in [0.05, 0.1) is 0 Å². The summed E-state index contributed by atoms with van der Waals surface area (Å²) in [5, 5.41) is 3.32. The van der Waals surface area contributed by atoms with Gasteiger partial charge < -0.3 is 9.73 Å². The van der Waals surface area contributed by atoms with Crippen molar-refractivity contribution in [2.45, 2.75) is 19.9 Å². The van der Waals surface area contributed by atoms with E-state index in [2.05, 4.69) is 30.2 Å². The lowest BCUT2D eigenvalue weighted by atomic mass is 10.2. The van der Waals surface area contributed by atoms with Crippen molar-refractivity contribution in [3.05, 3.63) is 48.5 Å². The first-order chi connectivity index (χ1) is 8.79. The summed E-state index contributed by atoms with van der Waals surface area (Å²) in [5.41, 5.74) is 0.997. The molecule has 2 heterocycles. The molecule has 0 fully saturated rings. The summed E-state index contributed by atoms with van der Waals surface area (Å²) in [5.74, 6) is 1.71. The van der Waals surface area contributed by atoms with E-state index >= 15 is 0 Å². The number of nitrogens with one attached hydrogen (secondary N) is 1. The van der Waals surface area contributed by atoms with Gasteiger partial charge in [0.1, 0.15) is 11.5 Å².